The van der Waals surface area contributed by atoms with Gasteiger partial charge in [-0.05, 0) is 54.8 Å². The molecule has 3 rings (SSSR count). The fourth-order valence-corrected chi connectivity index (χ4v) is 2.74. The van der Waals surface area contributed by atoms with E-state index in [1.54, 1.807) is 6.20 Å². The molecule has 0 saturated heterocycles. The lowest BCUT2D eigenvalue weighted by Crippen LogP contribution is -2.10. The minimum absolute atomic E-state index is 0.505. The molecule has 4 heteroatoms. The molecule has 26 heavy (non-hydrogen) atoms. The third-order valence-corrected chi connectivity index (χ3v) is 4.04. The van der Waals surface area contributed by atoms with E-state index in [4.69, 9.17) is 9.47 Å². The Balaban J connectivity index is 1.48. The summed E-state index contributed by atoms with van der Waals surface area (Å²) in [5.74, 6) is 2.65. The summed E-state index contributed by atoms with van der Waals surface area (Å²) in [5.41, 5.74) is 3.43. The van der Waals surface area contributed by atoms with Crippen LogP contribution in [0.25, 0.3) is 0 Å². The highest BCUT2D eigenvalue weighted by Crippen LogP contribution is 2.22. The Morgan fingerprint density at radius 2 is 1.62 bits per heavy atom. The zero-order valence-corrected chi connectivity index (χ0v) is 15.2. The van der Waals surface area contributed by atoms with Crippen LogP contribution in [-0.2, 0) is 6.54 Å². The van der Waals surface area contributed by atoms with E-state index in [-0.39, 0.29) is 0 Å². The second-order valence-electron chi connectivity index (χ2n) is 6.13. The molecular formula is C22H24N2O2. The molecule has 0 amide bonds. The van der Waals surface area contributed by atoms with E-state index < -0.39 is 0 Å². The van der Waals surface area contributed by atoms with Gasteiger partial charge in [0.05, 0.1) is 0 Å². The van der Waals surface area contributed by atoms with Crippen molar-refractivity contribution in [3.63, 3.8) is 0 Å². The number of hydrogen-bond acceptors (Lipinski definition) is 4. The van der Waals surface area contributed by atoms with Gasteiger partial charge in [0, 0.05) is 12.7 Å². The second kappa shape index (κ2) is 8.90. The van der Waals surface area contributed by atoms with Gasteiger partial charge in [-0.15, -0.1) is 0 Å². The Hall–Kier alpha value is -3.01. The van der Waals surface area contributed by atoms with E-state index in [9.17, 15) is 0 Å². The average molecular weight is 348 g/mol. The molecule has 1 heterocycles. The predicted octanol–water partition coefficient (Wildman–Crippen LogP) is 4.77. The molecule has 1 aromatic heterocycles. The molecule has 3 aromatic rings. The van der Waals surface area contributed by atoms with E-state index in [1.807, 2.05) is 42.5 Å². The number of hydrogen-bond donors (Lipinski definition) is 1. The smallest absolute Gasteiger partial charge is 0.126 e. The maximum Gasteiger partial charge on any atom is 0.126 e. The molecule has 0 radical (unpaired) electrons. The Kier molecular flexibility index (Phi) is 6.09. The molecule has 0 spiro atoms. The van der Waals surface area contributed by atoms with E-state index in [2.05, 4.69) is 42.3 Å². The second-order valence-corrected chi connectivity index (χ2v) is 6.13. The van der Waals surface area contributed by atoms with Crippen LogP contribution in [0.3, 0.4) is 0 Å². The van der Waals surface area contributed by atoms with Crippen LogP contribution in [0.15, 0.2) is 66.9 Å². The third kappa shape index (κ3) is 4.99. The summed E-state index contributed by atoms with van der Waals surface area (Å²) in [6.45, 7) is 5.84. The monoisotopic (exact) mass is 348 g/mol. The van der Waals surface area contributed by atoms with Gasteiger partial charge in [0.2, 0.25) is 0 Å². The lowest BCUT2D eigenvalue weighted by Gasteiger charge is -2.13. The minimum atomic E-state index is 0.505. The van der Waals surface area contributed by atoms with Gasteiger partial charge in [0.25, 0.3) is 0 Å². The summed E-state index contributed by atoms with van der Waals surface area (Å²) in [4.78, 5) is 4.26. The van der Waals surface area contributed by atoms with Gasteiger partial charge < -0.3 is 14.8 Å². The summed E-state index contributed by atoms with van der Waals surface area (Å²) in [5, 5.41) is 3.30. The zero-order valence-electron chi connectivity index (χ0n) is 15.2. The molecule has 0 aliphatic carbocycles. The van der Waals surface area contributed by atoms with Crippen LogP contribution in [0.1, 0.15) is 16.7 Å². The van der Waals surface area contributed by atoms with Crippen molar-refractivity contribution in [2.45, 2.75) is 20.4 Å². The van der Waals surface area contributed by atoms with Gasteiger partial charge in [-0.3, -0.25) is 0 Å². The zero-order chi connectivity index (χ0) is 18.2. The average Bonchev–Trinajstić information content (AvgIpc) is 2.67. The number of benzene rings is 2. The van der Waals surface area contributed by atoms with Gasteiger partial charge in [0.15, 0.2) is 0 Å². The Morgan fingerprint density at radius 3 is 2.38 bits per heavy atom. The Morgan fingerprint density at radius 1 is 0.846 bits per heavy atom. The van der Waals surface area contributed by atoms with Gasteiger partial charge in [-0.2, -0.15) is 0 Å². The maximum atomic E-state index is 5.88. The molecule has 2 aromatic carbocycles. The Bertz CT molecular complexity index is 814. The fraction of sp³-hybridized carbons (Fsp3) is 0.227. The van der Waals surface area contributed by atoms with Crippen LogP contribution in [0.2, 0.25) is 0 Å². The Labute approximate surface area is 154 Å². The van der Waals surface area contributed by atoms with Crippen LogP contribution >= 0.6 is 0 Å². The number of nitrogens with one attached hydrogen (secondary N) is 1. The first-order valence-electron chi connectivity index (χ1n) is 8.78. The van der Waals surface area contributed by atoms with E-state index in [1.165, 1.54) is 0 Å². The normalized spacial score (nSPS) is 10.4. The van der Waals surface area contributed by atoms with Crippen molar-refractivity contribution < 1.29 is 9.47 Å². The van der Waals surface area contributed by atoms with Crippen LogP contribution < -0.4 is 14.8 Å². The van der Waals surface area contributed by atoms with Crippen molar-refractivity contribution in [3.8, 4) is 11.5 Å². The summed E-state index contributed by atoms with van der Waals surface area (Å²) in [6, 6.07) is 20.0. The van der Waals surface area contributed by atoms with Crippen molar-refractivity contribution in [1.29, 1.82) is 0 Å². The molecule has 1 N–H and O–H groups in total. The van der Waals surface area contributed by atoms with E-state index in [0.717, 1.165) is 34.0 Å². The first-order chi connectivity index (χ1) is 12.7. The summed E-state index contributed by atoms with van der Waals surface area (Å²) < 4.78 is 11.7. The lowest BCUT2D eigenvalue weighted by molar-refractivity contribution is 0.215. The third-order valence-electron chi connectivity index (χ3n) is 4.04. The molecular weight excluding hydrogens is 324 g/mol. The maximum absolute atomic E-state index is 5.88. The predicted molar refractivity (Wildman–Crippen MR) is 105 cm³/mol. The van der Waals surface area contributed by atoms with Gasteiger partial charge >= 0.3 is 0 Å². The topological polar surface area (TPSA) is 43.4 Å². The molecule has 0 aliphatic heterocycles. The number of anilines is 1. The number of nitrogens with zero attached hydrogens (tertiary/aromatic N) is 1. The molecule has 0 unspecified atom stereocenters. The molecule has 0 bridgehead atoms. The number of rotatable bonds is 8. The number of aryl methyl sites for hydroxylation is 2. The standard InChI is InChI=1S/C22H24N2O2/c1-17-7-5-8-18(2)22(17)26-14-13-25-20-10-6-9-19(15-20)16-24-21-11-3-4-12-23-21/h3-12,15H,13-14,16H2,1-2H3,(H,23,24). The first kappa shape index (κ1) is 17.8. The highest BCUT2D eigenvalue weighted by Gasteiger charge is 2.03. The van der Waals surface area contributed by atoms with Gasteiger partial charge in [0.1, 0.15) is 30.5 Å². The number of ether oxygens (including phenoxy) is 2. The highest BCUT2D eigenvalue weighted by atomic mass is 16.5. The largest absolute Gasteiger partial charge is 0.490 e. The van der Waals surface area contributed by atoms with Crippen molar-refractivity contribution >= 4 is 5.82 Å². The van der Waals surface area contributed by atoms with Gasteiger partial charge in [-0.1, -0.05) is 36.4 Å². The van der Waals surface area contributed by atoms with Crippen LogP contribution in [0, 0.1) is 13.8 Å². The van der Waals surface area contributed by atoms with Crippen molar-refractivity contribution in [1.82, 2.24) is 4.98 Å². The molecule has 0 atom stereocenters. The van der Waals surface area contributed by atoms with Crippen LogP contribution in [0.4, 0.5) is 5.82 Å². The highest BCUT2D eigenvalue weighted by molar-refractivity contribution is 5.40. The molecule has 0 saturated carbocycles. The van der Waals surface area contributed by atoms with Crippen LogP contribution in [-0.4, -0.2) is 18.2 Å². The summed E-state index contributed by atoms with van der Waals surface area (Å²) in [7, 11) is 0. The van der Waals surface area contributed by atoms with Gasteiger partial charge in [-0.25, -0.2) is 4.98 Å². The van der Waals surface area contributed by atoms with Crippen molar-refractivity contribution in [2.24, 2.45) is 0 Å². The number of aromatic nitrogens is 1. The first-order valence-corrected chi connectivity index (χ1v) is 8.78. The summed E-state index contributed by atoms with van der Waals surface area (Å²) in [6.07, 6.45) is 1.78. The SMILES string of the molecule is Cc1cccc(C)c1OCCOc1cccc(CNc2ccccn2)c1. The van der Waals surface area contributed by atoms with Crippen molar-refractivity contribution in [2.75, 3.05) is 18.5 Å². The molecule has 0 fully saturated rings. The number of pyridine rings is 1. The molecule has 4 nitrogen and oxygen atoms in total. The van der Waals surface area contributed by atoms with Crippen LogP contribution in [0.5, 0.6) is 11.5 Å². The lowest BCUT2D eigenvalue weighted by atomic mass is 10.1. The van der Waals surface area contributed by atoms with Crippen molar-refractivity contribution in [3.05, 3.63) is 83.6 Å². The quantitative estimate of drug-likeness (QED) is 0.596. The summed E-state index contributed by atoms with van der Waals surface area (Å²) >= 11 is 0. The fourth-order valence-electron chi connectivity index (χ4n) is 2.74. The van der Waals surface area contributed by atoms with E-state index >= 15 is 0 Å². The number of para-hydroxylation sites is 1. The molecule has 134 valence electrons. The molecule has 0 aliphatic rings. The van der Waals surface area contributed by atoms with E-state index in [0.29, 0.717) is 19.8 Å². The minimum Gasteiger partial charge on any atom is -0.490 e.